The first-order valence-corrected chi connectivity index (χ1v) is 9.49. The molecule has 0 unspecified atom stereocenters. The lowest BCUT2D eigenvalue weighted by Crippen LogP contribution is -2.16. The van der Waals surface area contributed by atoms with Crippen LogP contribution in [0.2, 0.25) is 0 Å². The van der Waals surface area contributed by atoms with E-state index in [1.54, 1.807) is 25.1 Å². The number of nitrogens with one attached hydrogen (secondary N) is 2. The molecule has 0 amide bonds. The number of ether oxygens (including phenoxy) is 2. The lowest BCUT2D eigenvalue weighted by molar-refractivity contribution is 0.0522. The average molecular weight is 392 g/mol. The van der Waals surface area contributed by atoms with Crippen molar-refractivity contribution in [2.24, 2.45) is 0 Å². The molecule has 2 N–H and O–H groups in total. The lowest BCUT2D eigenvalue weighted by Gasteiger charge is -2.10. The molecular weight excluding hydrogens is 375 g/mol. The summed E-state index contributed by atoms with van der Waals surface area (Å²) >= 11 is 0. The molecule has 3 aromatic rings. The second kappa shape index (κ2) is 7.28. The molecular formula is C18H17FN2O5S. The van der Waals surface area contributed by atoms with Gasteiger partial charge in [0.05, 0.1) is 24.3 Å². The molecule has 0 fully saturated rings. The van der Waals surface area contributed by atoms with E-state index in [1.165, 1.54) is 7.11 Å². The lowest BCUT2D eigenvalue weighted by atomic mass is 10.2. The Kier molecular flexibility index (Phi) is 5.04. The van der Waals surface area contributed by atoms with Gasteiger partial charge in [-0.1, -0.05) is 0 Å². The van der Waals surface area contributed by atoms with Gasteiger partial charge >= 0.3 is 5.97 Å². The Labute approximate surface area is 155 Å². The number of H-pyrrole nitrogens is 1. The maximum Gasteiger partial charge on any atom is 0.356 e. The molecule has 0 saturated heterocycles. The normalized spacial score (nSPS) is 11.4. The molecule has 0 saturated carbocycles. The Bertz CT molecular complexity index is 1090. The van der Waals surface area contributed by atoms with E-state index in [0.717, 1.165) is 24.3 Å². The third-order valence-electron chi connectivity index (χ3n) is 3.85. The van der Waals surface area contributed by atoms with E-state index in [-0.39, 0.29) is 22.9 Å². The first kappa shape index (κ1) is 18.7. The molecule has 1 heterocycles. The third kappa shape index (κ3) is 3.72. The molecule has 27 heavy (non-hydrogen) atoms. The van der Waals surface area contributed by atoms with Crippen LogP contribution in [0, 0.1) is 5.82 Å². The number of benzene rings is 2. The fourth-order valence-electron chi connectivity index (χ4n) is 2.57. The van der Waals surface area contributed by atoms with Gasteiger partial charge in [-0.15, -0.1) is 0 Å². The number of hydrogen-bond donors (Lipinski definition) is 2. The van der Waals surface area contributed by atoms with Crippen molar-refractivity contribution in [1.82, 2.24) is 4.98 Å². The number of methoxy groups -OCH3 is 1. The molecule has 0 aliphatic rings. The minimum absolute atomic E-state index is 0.0340. The summed E-state index contributed by atoms with van der Waals surface area (Å²) in [6.07, 6.45) is 0. The van der Waals surface area contributed by atoms with Crippen molar-refractivity contribution >= 4 is 32.6 Å². The van der Waals surface area contributed by atoms with Crippen molar-refractivity contribution in [1.29, 1.82) is 0 Å². The third-order valence-corrected chi connectivity index (χ3v) is 5.21. The molecule has 7 nitrogen and oxygen atoms in total. The van der Waals surface area contributed by atoms with E-state index in [1.807, 2.05) is 0 Å². The Morgan fingerprint density at radius 2 is 1.89 bits per heavy atom. The molecule has 0 aliphatic heterocycles. The zero-order valence-corrected chi connectivity index (χ0v) is 15.4. The van der Waals surface area contributed by atoms with Crippen molar-refractivity contribution in [3.63, 3.8) is 0 Å². The van der Waals surface area contributed by atoms with Gasteiger partial charge in [-0.05, 0) is 49.4 Å². The van der Waals surface area contributed by atoms with Gasteiger partial charge in [-0.3, -0.25) is 4.72 Å². The summed E-state index contributed by atoms with van der Waals surface area (Å²) in [6, 6.07) is 9.28. The fourth-order valence-corrected chi connectivity index (χ4v) is 3.66. The van der Waals surface area contributed by atoms with Gasteiger partial charge in [0.1, 0.15) is 11.6 Å². The highest BCUT2D eigenvalue weighted by molar-refractivity contribution is 7.92. The predicted octanol–water partition coefficient (Wildman–Crippen LogP) is 3.29. The summed E-state index contributed by atoms with van der Waals surface area (Å²) in [7, 11) is -2.59. The summed E-state index contributed by atoms with van der Waals surface area (Å²) in [5, 5.41) is 0.433. The Morgan fingerprint density at radius 3 is 2.52 bits per heavy atom. The number of carbonyl (C=O) groups excluding carboxylic acids is 1. The van der Waals surface area contributed by atoms with Gasteiger partial charge in [-0.25, -0.2) is 17.6 Å². The van der Waals surface area contributed by atoms with Crippen molar-refractivity contribution in [3.05, 3.63) is 54.0 Å². The van der Waals surface area contributed by atoms with Crippen LogP contribution in [-0.2, 0) is 14.8 Å². The molecule has 0 bridgehead atoms. The monoisotopic (exact) mass is 392 g/mol. The molecule has 0 atom stereocenters. The molecule has 3 rings (SSSR count). The zero-order valence-electron chi connectivity index (χ0n) is 14.6. The Balaban J connectivity index is 2.13. The van der Waals surface area contributed by atoms with Gasteiger partial charge in [0, 0.05) is 10.9 Å². The van der Waals surface area contributed by atoms with Crippen LogP contribution in [0.5, 0.6) is 5.75 Å². The van der Waals surface area contributed by atoms with E-state index < -0.39 is 21.8 Å². The van der Waals surface area contributed by atoms with Crippen LogP contribution < -0.4 is 9.46 Å². The van der Waals surface area contributed by atoms with Crippen LogP contribution in [-0.4, -0.2) is 33.1 Å². The fraction of sp³-hybridized carbons (Fsp3) is 0.167. The average Bonchev–Trinajstić information content (AvgIpc) is 2.99. The molecule has 1 aromatic heterocycles. The second-order valence-corrected chi connectivity index (χ2v) is 7.25. The maximum atomic E-state index is 13.1. The number of anilines is 1. The van der Waals surface area contributed by atoms with E-state index in [9.17, 15) is 17.6 Å². The SMILES string of the molecule is CCOC(=O)c1[nH]c2ccc(OC)cc2c1NS(=O)(=O)c1ccc(F)cc1. The number of rotatable bonds is 6. The predicted molar refractivity (Wildman–Crippen MR) is 98.0 cm³/mol. The van der Waals surface area contributed by atoms with Gasteiger partial charge in [0.25, 0.3) is 10.0 Å². The number of halogens is 1. The Morgan fingerprint density at radius 1 is 1.19 bits per heavy atom. The van der Waals surface area contributed by atoms with Crippen LogP contribution in [0.25, 0.3) is 10.9 Å². The maximum absolute atomic E-state index is 13.1. The molecule has 142 valence electrons. The largest absolute Gasteiger partial charge is 0.497 e. The first-order valence-electron chi connectivity index (χ1n) is 8.01. The van der Waals surface area contributed by atoms with E-state index in [0.29, 0.717) is 16.7 Å². The number of carbonyl (C=O) groups is 1. The summed E-state index contributed by atoms with van der Waals surface area (Å²) in [4.78, 5) is 15.0. The number of sulfonamides is 1. The quantitative estimate of drug-likeness (QED) is 0.628. The summed E-state index contributed by atoms with van der Waals surface area (Å²) < 4.78 is 51.1. The van der Waals surface area contributed by atoms with Crippen LogP contribution in [0.15, 0.2) is 47.4 Å². The summed E-state index contributed by atoms with van der Waals surface area (Å²) in [6.45, 7) is 1.77. The van der Waals surface area contributed by atoms with Crippen molar-refractivity contribution < 1.29 is 27.1 Å². The minimum atomic E-state index is -4.07. The number of aromatic nitrogens is 1. The highest BCUT2D eigenvalue weighted by Crippen LogP contribution is 2.33. The van der Waals surface area contributed by atoms with Crippen LogP contribution in [0.3, 0.4) is 0 Å². The van der Waals surface area contributed by atoms with Crippen LogP contribution in [0.4, 0.5) is 10.1 Å². The smallest absolute Gasteiger partial charge is 0.356 e. The van der Waals surface area contributed by atoms with Crippen LogP contribution in [0.1, 0.15) is 17.4 Å². The van der Waals surface area contributed by atoms with E-state index >= 15 is 0 Å². The van der Waals surface area contributed by atoms with Crippen molar-refractivity contribution in [2.45, 2.75) is 11.8 Å². The summed E-state index contributed by atoms with van der Waals surface area (Å²) in [5.41, 5.74) is 0.521. The van der Waals surface area contributed by atoms with Gasteiger partial charge in [0.2, 0.25) is 0 Å². The van der Waals surface area contributed by atoms with Gasteiger partial charge in [0.15, 0.2) is 5.69 Å². The zero-order chi connectivity index (χ0) is 19.6. The standard InChI is InChI=1S/C18H17FN2O5S/c1-3-26-18(22)17-16(14-10-12(25-2)6-9-15(14)20-17)21-27(23,24)13-7-4-11(19)5-8-13/h4-10,20-21H,3H2,1-2H3. The number of hydrogen-bond acceptors (Lipinski definition) is 5. The second-order valence-electron chi connectivity index (χ2n) is 5.57. The molecule has 0 aliphatic carbocycles. The molecule has 9 heteroatoms. The van der Waals surface area contributed by atoms with Gasteiger partial charge in [-0.2, -0.15) is 0 Å². The van der Waals surface area contributed by atoms with Gasteiger partial charge < -0.3 is 14.5 Å². The van der Waals surface area contributed by atoms with Crippen LogP contribution >= 0.6 is 0 Å². The number of aromatic amines is 1. The highest BCUT2D eigenvalue weighted by atomic mass is 32.2. The van der Waals surface area contributed by atoms with Crippen molar-refractivity contribution in [3.8, 4) is 5.75 Å². The van der Waals surface area contributed by atoms with Crippen molar-refractivity contribution in [2.75, 3.05) is 18.4 Å². The molecule has 2 aromatic carbocycles. The van der Waals surface area contributed by atoms with E-state index in [2.05, 4.69) is 9.71 Å². The van der Waals surface area contributed by atoms with E-state index in [4.69, 9.17) is 9.47 Å². The molecule has 0 spiro atoms. The topological polar surface area (TPSA) is 97.5 Å². The molecule has 0 radical (unpaired) electrons. The highest BCUT2D eigenvalue weighted by Gasteiger charge is 2.24. The summed E-state index contributed by atoms with van der Waals surface area (Å²) in [5.74, 6) is -0.776. The Hall–Kier alpha value is -3.07. The minimum Gasteiger partial charge on any atom is -0.497 e. The number of esters is 1. The number of fused-ring (bicyclic) bond motifs is 1. The first-order chi connectivity index (χ1) is 12.9.